The first-order valence-corrected chi connectivity index (χ1v) is 17.3. The fourth-order valence-corrected chi connectivity index (χ4v) is 8.73. The monoisotopic (exact) mass is 631 g/mol. The highest BCUT2D eigenvalue weighted by Gasteiger charge is 2.34. The molecule has 6 aromatic rings. The van der Waals surface area contributed by atoms with Crippen molar-refractivity contribution < 1.29 is 9.13 Å². The van der Waals surface area contributed by atoms with E-state index in [0.717, 1.165) is 88.0 Å². The number of imidazole rings is 2. The van der Waals surface area contributed by atoms with Crippen LogP contribution in [-0.2, 0) is 0 Å². The Labute approximate surface area is 269 Å². The molecule has 10 heteroatoms. The van der Waals surface area contributed by atoms with Gasteiger partial charge in [-0.2, -0.15) is 0 Å². The van der Waals surface area contributed by atoms with E-state index >= 15 is 4.39 Å². The van der Waals surface area contributed by atoms with Gasteiger partial charge in [0.15, 0.2) is 0 Å². The summed E-state index contributed by atoms with van der Waals surface area (Å²) < 4.78 is 25.3. The van der Waals surface area contributed by atoms with Crippen molar-refractivity contribution in [3.8, 4) is 39.5 Å². The van der Waals surface area contributed by atoms with E-state index < -0.39 is 6.23 Å². The molecule has 7 heterocycles. The molecule has 10 rings (SSSR count). The first-order valence-electron chi connectivity index (χ1n) is 16.5. The van der Waals surface area contributed by atoms with Crippen LogP contribution in [0.2, 0.25) is 0 Å². The Bertz CT molecular complexity index is 2110. The molecule has 1 unspecified atom stereocenters. The van der Waals surface area contributed by atoms with Gasteiger partial charge in [-0.15, -0.1) is 11.3 Å². The Morgan fingerprint density at radius 2 is 1.50 bits per heavy atom. The van der Waals surface area contributed by atoms with Gasteiger partial charge in [-0.05, 0) is 100.0 Å². The van der Waals surface area contributed by atoms with Gasteiger partial charge in [0.2, 0.25) is 6.23 Å². The van der Waals surface area contributed by atoms with Crippen molar-refractivity contribution in [2.45, 2.75) is 62.8 Å². The third-order valence-electron chi connectivity index (χ3n) is 10.1. The number of halogens is 1. The quantitative estimate of drug-likeness (QED) is 0.150. The number of fused-ring (bicyclic) bond motifs is 5. The van der Waals surface area contributed by atoms with Crippen molar-refractivity contribution in [2.24, 2.45) is 0 Å². The Morgan fingerprint density at radius 3 is 2.20 bits per heavy atom. The molecule has 1 saturated carbocycles. The summed E-state index contributed by atoms with van der Waals surface area (Å²) in [5.41, 5.74) is 5.89. The van der Waals surface area contributed by atoms with Crippen LogP contribution in [0, 0.1) is 5.82 Å². The van der Waals surface area contributed by atoms with E-state index in [9.17, 15) is 0 Å². The molecule has 0 bridgehead atoms. The summed E-state index contributed by atoms with van der Waals surface area (Å²) in [6.07, 6.45) is 10.3. The maximum atomic E-state index is 16.3. The summed E-state index contributed by atoms with van der Waals surface area (Å²) in [5, 5.41) is 8.04. The standard InChI is InChI=1S/C36H34FN7OS/c37-23-14-21(27-18-41-35(43-27)25-4-2-12-39-25)16-30-33(23)29-15-22-13-20(26-17-40-34(42-26)24-3-1-11-38-24)7-8-28(22)44(29)36(45-30)32-10-9-31(46-32)19-5-6-19/h7-10,13-19,24-25,36,38-39H,1-6,11-12H2,(H,40,42)(H,41,43)/t24-,25-,36?/m0/s1. The number of benzene rings is 2. The summed E-state index contributed by atoms with van der Waals surface area (Å²) in [6, 6.07) is 17.0. The zero-order valence-electron chi connectivity index (χ0n) is 25.3. The Kier molecular flexibility index (Phi) is 6.08. The Balaban J connectivity index is 1.08. The number of thiophene rings is 1. The minimum atomic E-state index is -0.398. The number of aromatic amines is 2. The molecule has 2 saturated heterocycles. The molecular formula is C36H34FN7OS. The van der Waals surface area contributed by atoms with Crippen LogP contribution in [0.3, 0.4) is 0 Å². The molecule has 1 aliphatic carbocycles. The number of ether oxygens (including phenoxy) is 1. The Morgan fingerprint density at radius 1 is 0.783 bits per heavy atom. The van der Waals surface area contributed by atoms with Crippen LogP contribution in [0.15, 0.2) is 60.9 Å². The molecule has 3 aliphatic heterocycles. The van der Waals surface area contributed by atoms with Gasteiger partial charge >= 0.3 is 0 Å². The van der Waals surface area contributed by atoms with Crippen LogP contribution in [0.25, 0.3) is 44.7 Å². The highest BCUT2D eigenvalue weighted by molar-refractivity contribution is 7.12. The molecule has 4 aliphatic rings. The van der Waals surface area contributed by atoms with Crippen molar-refractivity contribution in [1.29, 1.82) is 0 Å². The summed E-state index contributed by atoms with van der Waals surface area (Å²) in [6.45, 7) is 2.02. The molecule has 0 spiro atoms. The SMILES string of the molecule is Fc1cc(-c2cnc([C@@H]3CCCN3)[nH]2)cc2c1-c1cc3cc(-c4cnc([C@@H]5CCCN5)[nH]4)ccc3n1C(c1ccc(C3CC3)s1)O2. The number of hydrogen-bond acceptors (Lipinski definition) is 6. The highest BCUT2D eigenvalue weighted by Crippen LogP contribution is 2.50. The predicted octanol–water partition coefficient (Wildman–Crippen LogP) is 7.95. The maximum Gasteiger partial charge on any atom is 0.212 e. The van der Waals surface area contributed by atoms with Crippen molar-refractivity contribution in [1.82, 2.24) is 35.1 Å². The molecule has 232 valence electrons. The second-order valence-electron chi connectivity index (χ2n) is 13.2. The average Bonchev–Trinajstić information content (AvgIpc) is 3.79. The lowest BCUT2D eigenvalue weighted by Crippen LogP contribution is -2.22. The lowest BCUT2D eigenvalue weighted by molar-refractivity contribution is 0.176. The lowest BCUT2D eigenvalue weighted by Gasteiger charge is -2.30. The van der Waals surface area contributed by atoms with E-state index in [1.807, 2.05) is 23.6 Å². The third kappa shape index (κ3) is 4.38. The molecule has 4 aromatic heterocycles. The Hall–Kier alpha value is -4.25. The lowest BCUT2D eigenvalue weighted by atomic mass is 10.0. The van der Waals surface area contributed by atoms with E-state index in [1.54, 1.807) is 12.3 Å². The van der Waals surface area contributed by atoms with E-state index in [2.05, 4.69) is 71.5 Å². The minimum absolute atomic E-state index is 0.213. The van der Waals surface area contributed by atoms with E-state index in [-0.39, 0.29) is 17.9 Å². The molecule has 8 nitrogen and oxygen atoms in total. The normalized spacial score (nSPS) is 22.3. The van der Waals surface area contributed by atoms with Crippen LogP contribution < -0.4 is 15.4 Å². The molecule has 3 fully saturated rings. The minimum Gasteiger partial charge on any atom is -0.464 e. The summed E-state index contributed by atoms with van der Waals surface area (Å²) in [7, 11) is 0. The highest BCUT2D eigenvalue weighted by atomic mass is 32.1. The maximum absolute atomic E-state index is 16.3. The van der Waals surface area contributed by atoms with Gasteiger partial charge in [0.05, 0.1) is 57.5 Å². The number of hydrogen-bond donors (Lipinski definition) is 4. The third-order valence-corrected chi connectivity index (χ3v) is 11.4. The fourth-order valence-electron chi connectivity index (χ4n) is 7.53. The molecule has 0 radical (unpaired) electrons. The summed E-state index contributed by atoms with van der Waals surface area (Å²) in [4.78, 5) is 18.8. The van der Waals surface area contributed by atoms with Gasteiger partial charge < -0.3 is 25.3 Å². The first kappa shape index (κ1) is 26.9. The van der Waals surface area contributed by atoms with Crippen LogP contribution in [-0.4, -0.2) is 37.6 Å². The molecule has 46 heavy (non-hydrogen) atoms. The summed E-state index contributed by atoms with van der Waals surface area (Å²) in [5.74, 6) is 2.78. The van der Waals surface area contributed by atoms with Crippen LogP contribution >= 0.6 is 11.3 Å². The van der Waals surface area contributed by atoms with Gasteiger partial charge in [0, 0.05) is 21.4 Å². The zero-order valence-corrected chi connectivity index (χ0v) is 26.1. The van der Waals surface area contributed by atoms with Crippen molar-refractivity contribution in [3.05, 3.63) is 88.1 Å². The number of H-pyrrole nitrogens is 2. The number of aromatic nitrogens is 5. The predicted molar refractivity (Wildman–Crippen MR) is 178 cm³/mol. The van der Waals surface area contributed by atoms with Gasteiger partial charge in [-0.25, -0.2) is 14.4 Å². The fraction of sp³-hybridized carbons (Fsp3) is 0.333. The zero-order chi connectivity index (χ0) is 30.4. The van der Waals surface area contributed by atoms with E-state index in [1.165, 1.54) is 24.1 Å². The topological polar surface area (TPSA) is 95.6 Å². The summed E-state index contributed by atoms with van der Waals surface area (Å²) >= 11 is 1.82. The van der Waals surface area contributed by atoms with Gasteiger partial charge in [0.25, 0.3) is 0 Å². The van der Waals surface area contributed by atoms with Crippen LogP contribution in [0.1, 0.15) is 84.2 Å². The average molecular weight is 632 g/mol. The number of nitrogens with one attached hydrogen (secondary N) is 4. The van der Waals surface area contributed by atoms with Crippen LogP contribution in [0.5, 0.6) is 5.75 Å². The molecule has 2 aromatic carbocycles. The van der Waals surface area contributed by atoms with Crippen molar-refractivity contribution in [2.75, 3.05) is 13.1 Å². The molecule has 0 amide bonds. The van der Waals surface area contributed by atoms with Crippen molar-refractivity contribution in [3.63, 3.8) is 0 Å². The van der Waals surface area contributed by atoms with Gasteiger partial charge in [-0.1, -0.05) is 6.07 Å². The second kappa shape index (κ2) is 10.4. The number of rotatable bonds is 6. The van der Waals surface area contributed by atoms with E-state index in [4.69, 9.17) is 4.74 Å². The molecule has 3 atom stereocenters. The largest absolute Gasteiger partial charge is 0.464 e. The number of nitrogens with zero attached hydrogens (tertiary/aromatic N) is 3. The van der Waals surface area contributed by atoms with Crippen LogP contribution in [0.4, 0.5) is 4.39 Å². The van der Waals surface area contributed by atoms with Gasteiger partial charge in [-0.3, -0.25) is 4.57 Å². The van der Waals surface area contributed by atoms with Crippen molar-refractivity contribution >= 4 is 22.2 Å². The molecule has 4 N–H and O–H groups in total. The molecular weight excluding hydrogens is 598 g/mol. The van der Waals surface area contributed by atoms with Gasteiger partial charge in [0.1, 0.15) is 23.2 Å². The first-order chi connectivity index (χ1) is 22.7. The van der Waals surface area contributed by atoms with E-state index in [0.29, 0.717) is 17.2 Å². The second-order valence-corrected chi connectivity index (χ2v) is 14.3. The smallest absolute Gasteiger partial charge is 0.212 e.